The van der Waals surface area contributed by atoms with Crippen LogP contribution in [0.25, 0.3) is 0 Å². The Morgan fingerprint density at radius 1 is 1.18 bits per heavy atom. The molecule has 1 atom stereocenters. The summed E-state index contributed by atoms with van der Waals surface area (Å²) in [6.07, 6.45) is 3.08. The Kier molecular flexibility index (Phi) is 6.85. The Balaban J connectivity index is 1.65. The van der Waals surface area contributed by atoms with Gasteiger partial charge in [0.15, 0.2) is 5.13 Å². The van der Waals surface area contributed by atoms with Gasteiger partial charge in [-0.3, -0.25) is 4.79 Å². The third kappa shape index (κ3) is 4.67. The maximum absolute atomic E-state index is 13.5. The van der Waals surface area contributed by atoms with E-state index >= 15 is 0 Å². The molecule has 1 amide bonds. The Morgan fingerprint density at radius 3 is 2.64 bits per heavy atom. The molecule has 3 aromatic rings. The van der Waals surface area contributed by atoms with Crippen LogP contribution in [-0.2, 0) is 14.8 Å². The van der Waals surface area contributed by atoms with Gasteiger partial charge in [0.1, 0.15) is 18.0 Å². The van der Waals surface area contributed by atoms with Crippen LogP contribution in [0.15, 0.2) is 65.0 Å². The number of thiazole rings is 1. The zero-order valence-corrected chi connectivity index (χ0v) is 20.0. The molecule has 0 spiro atoms. The van der Waals surface area contributed by atoms with Crippen LogP contribution < -0.4 is 13.8 Å². The number of likely N-dealkylation sites (tertiary alicyclic amines) is 1. The Morgan fingerprint density at radius 2 is 1.97 bits per heavy atom. The summed E-state index contributed by atoms with van der Waals surface area (Å²) in [6, 6.07) is 13.3. The maximum atomic E-state index is 13.5. The number of anilines is 1. The number of amides is 1. The second kappa shape index (κ2) is 9.80. The fourth-order valence-corrected chi connectivity index (χ4v) is 6.28. The van der Waals surface area contributed by atoms with E-state index in [1.807, 2.05) is 12.1 Å². The molecule has 0 aliphatic carbocycles. The molecule has 10 heteroatoms. The Bertz CT molecular complexity index is 1200. The number of benzene rings is 2. The second-order valence-corrected chi connectivity index (χ2v) is 10.2. The summed E-state index contributed by atoms with van der Waals surface area (Å²) < 4.78 is 38.8. The van der Waals surface area contributed by atoms with Gasteiger partial charge in [-0.2, -0.15) is 0 Å². The summed E-state index contributed by atoms with van der Waals surface area (Å²) in [7, 11) is -0.792. The van der Waals surface area contributed by atoms with Crippen molar-refractivity contribution in [2.75, 3.05) is 31.6 Å². The lowest BCUT2D eigenvalue weighted by atomic mass is 10.0. The van der Waals surface area contributed by atoms with Gasteiger partial charge in [-0.1, -0.05) is 18.2 Å². The van der Waals surface area contributed by atoms with E-state index in [9.17, 15) is 13.2 Å². The molecule has 33 heavy (non-hydrogen) atoms. The number of ether oxygens (including phenoxy) is 2. The molecule has 1 unspecified atom stereocenters. The molecule has 0 saturated carbocycles. The number of rotatable bonds is 8. The highest BCUT2D eigenvalue weighted by Gasteiger charge is 2.36. The van der Waals surface area contributed by atoms with Crippen LogP contribution in [0.2, 0.25) is 0 Å². The standard InChI is InChI=1S/C23H25N3O5S2/c1-30-17-10-11-21(31-2)19(15-17)20-9-6-13-25(20)22(27)16-26(23-24-12-14-32-23)33(28,29)18-7-4-3-5-8-18/h3-5,7-8,10-12,14-15,20H,6,9,13,16H2,1-2H3. The number of carbonyl (C=O) groups is 1. The predicted molar refractivity (Wildman–Crippen MR) is 126 cm³/mol. The lowest BCUT2D eigenvalue weighted by molar-refractivity contribution is -0.130. The Hall–Kier alpha value is -3.11. The average Bonchev–Trinajstić information content (AvgIpc) is 3.55. The van der Waals surface area contributed by atoms with Gasteiger partial charge in [-0.15, -0.1) is 11.3 Å². The topological polar surface area (TPSA) is 89.0 Å². The number of methoxy groups -OCH3 is 2. The van der Waals surface area contributed by atoms with Crippen molar-refractivity contribution >= 4 is 32.4 Å². The predicted octanol–water partition coefficient (Wildman–Crippen LogP) is 3.72. The number of sulfonamides is 1. The fourth-order valence-electron chi connectivity index (χ4n) is 4.02. The third-order valence-corrected chi connectivity index (χ3v) is 8.27. The summed E-state index contributed by atoms with van der Waals surface area (Å²) in [4.78, 5) is 19.5. The summed E-state index contributed by atoms with van der Waals surface area (Å²) >= 11 is 1.17. The monoisotopic (exact) mass is 487 g/mol. The molecule has 2 aromatic carbocycles. The molecule has 1 aliphatic heterocycles. The van der Waals surface area contributed by atoms with Crippen LogP contribution in [0.4, 0.5) is 5.13 Å². The third-order valence-electron chi connectivity index (χ3n) is 5.61. The lowest BCUT2D eigenvalue weighted by Crippen LogP contribution is -2.42. The summed E-state index contributed by atoms with van der Waals surface area (Å²) in [5.41, 5.74) is 0.842. The summed E-state index contributed by atoms with van der Waals surface area (Å²) in [6.45, 7) is 0.189. The number of hydrogen-bond acceptors (Lipinski definition) is 7. The van der Waals surface area contributed by atoms with Gasteiger partial charge in [0.05, 0.1) is 25.2 Å². The molecule has 0 bridgehead atoms. The first kappa shape index (κ1) is 23.1. The van der Waals surface area contributed by atoms with E-state index in [0.717, 1.165) is 22.7 Å². The van der Waals surface area contributed by atoms with Crippen LogP contribution in [0.3, 0.4) is 0 Å². The van der Waals surface area contributed by atoms with Gasteiger partial charge in [-0.05, 0) is 43.2 Å². The van der Waals surface area contributed by atoms with Crippen molar-refractivity contribution in [3.8, 4) is 11.5 Å². The summed E-state index contributed by atoms with van der Waals surface area (Å²) in [5.74, 6) is 1.03. The smallest absolute Gasteiger partial charge is 0.266 e. The minimum absolute atomic E-state index is 0.112. The van der Waals surface area contributed by atoms with E-state index in [1.54, 1.807) is 48.8 Å². The van der Waals surface area contributed by atoms with Crippen LogP contribution in [0, 0.1) is 0 Å². The van der Waals surface area contributed by atoms with Crippen molar-refractivity contribution < 1.29 is 22.7 Å². The highest BCUT2D eigenvalue weighted by atomic mass is 32.2. The molecule has 1 aromatic heterocycles. The number of nitrogens with zero attached hydrogens (tertiary/aromatic N) is 3. The largest absolute Gasteiger partial charge is 0.497 e. The molecule has 1 saturated heterocycles. The second-order valence-electron chi connectivity index (χ2n) is 7.49. The van der Waals surface area contributed by atoms with Crippen molar-refractivity contribution in [1.82, 2.24) is 9.88 Å². The van der Waals surface area contributed by atoms with Crippen molar-refractivity contribution in [3.63, 3.8) is 0 Å². The number of carbonyl (C=O) groups excluding carboxylic acids is 1. The van der Waals surface area contributed by atoms with Gasteiger partial charge >= 0.3 is 0 Å². The van der Waals surface area contributed by atoms with Crippen LogP contribution in [0.1, 0.15) is 24.4 Å². The molecule has 8 nitrogen and oxygen atoms in total. The zero-order chi connectivity index (χ0) is 23.4. The maximum Gasteiger partial charge on any atom is 0.266 e. The molecule has 4 rings (SSSR count). The molecule has 1 aliphatic rings. The molecular weight excluding hydrogens is 462 g/mol. The van der Waals surface area contributed by atoms with E-state index in [-0.39, 0.29) is 28.5 Å². The van der Waals surface area contributed by atoms with Crippen LogP contribution in [0.5, 0.6) is 11.5 Å². The minimum Gasteiger partial charge on any atom is -0.497 e. The fraction of sp³-hybridized carbons (Fsp3) is 0.304. The first-order valence-electron chi connectivity index (χ1n) is 10.4. The van der Waals surface area contributed by atoms with Gasteiger partial charge in [-0.25, -0.2) is 17.7 Å². The van der Waals surface area contributed by atoms with Crippen molar-refractivity contribution in [2.45, 2.75) is 23.8 Å². The van der Waals surface area contributed by atoms with Crippen LogP contribution >= 0.6 is 11.3 Å². The van der Waals surface area contributed by atoms with Gasteiger partial charge in [0.2, 0.25) is 5.91 Å². The molecule has 2 heterocycles. The van der Waals surface area contributed by atoms with E-state index < -0.39 is 10.0 Å². The molecule has 0 radical (unpaired) electrons. The number of hydrogen-bond donors (Lipinski definition) is 0. The quantitative estimate of drug-likeness (QED) is 0.481. The van der Waals surface area contributed by atoms with Gasteiger partial charge in [0, 0.05) is 23.7 Å². The molecule has 0 N–H and O–H groups in total. The summed E-state index contributed by atoms with van der Waals surface area (Å²) in [5, 5.41) is 1.94. The highest BCUT2D eigenvalue weighted by Crippen LogP contribution is 2.39. The first-order chi connectivity index (χ1) is 16.0. The van der Waals surface area contributed by atoms with E-state index in [0.29, 0.717) is 18.0 Å². The molecular formula is C23H25N3O5S2. The normalized spacial score (nSPS) is 15.9. The zero-order valence-electron chi connectivity index (χ0n) is 18.4. The first-order valence-corrected chi connectivity index (χ1v) is 12.8. The Labute approximate surface area is 197 Å². The molecule has 174 valence electrons. The van der Waals surface area contributed by atoms with E-state index in [2.05, 4.69) is 4.98 Å². The van der Waals surface area contributed by atoms with Crippen molar-refractivity contribution in [2.24, 2.45) is 0 Å². The SMILES string of the molecule is COc1ccc(OC)c(C2CCCN2C(=O)CN(c2nccs2)S(=O)(=O)c2ccccc2)c1. The highest BCUT2D eigenvalue weighted by molar-refractivity contribution is 7.93. The average molecular weight is 488 g/mol. The van der Waals surface area contributed by atoms with Gasteiger partial charge in [0.25, 0.3) is 10.0 Å². The van der Waals surface area contributed by atoms with E-state index in [1.165, 1.54) is 29.7 Å². The van der Waals surface area contributed by atoms with E-state index in [4.69, 9.17) is 9.47 Å². The van der Waals surface area contributed by atoms with Crippen molar-refractivity contribution in [3.05, 3.63) is 65.7 Å². The molecule has 1 fully saturated rings. The van der Waals surface area contributed by atoms with Crippen molar-refractivity contribution in [1.29, 1.82) is 0 Å². The minimum atomic E-state index is -3.97. The van der Waals surface area contributed by atoms with Crippen LogP contribution in [-0.4, -0.2) is 51.5 Å². The lowest BCUT2D eigenvalue weighted by Gasteiger charge is -2.29. The number of aromatic nitrogens is 1. The van der Waals surface area contributed by atoms with Gasteiger partial charge < -0.3 is 14.4 Å².